The quantitative estimate of drug-likeness (QED) is 0.932. The molecule has 2 rings (SSSR count). The zero-order chi connectivity index (χ0) is 16.6. The lowest BCUT2D eigenvalue weighted by Gasteiger charge is -2.42. The number of nitrogens with zero attached hydrogens (tertiary/aromatic N) is 3. The molecule has 1 fully saturated rings. The third kappa shape index (κ3) is 3.42. The van der Waals surface area contributed by atoms with Gasteiger partial charge in [-0.05, 0) is 51.9 Å². The molecule has 1 amide bonds. The van der Waals surface area contributed by atoms with E-state index >= 15 is 0 Å². The van der Waals surface area contributed by atoms with Gasteiger partial charge in [0.15, 0.2) is 0 Å². The fourth-order valence-electron chi connectivity index (χ4n) is 3.22. The number of ether oxygens (including phenoxy) is 1. The fraction of sp³-hybridized carbons (Fsp3) is 0.812. The monoisotopic (exact) mass is 308 g/mol. The molecule has 1 aliphatic rings. The van der Waals surface area contributed by atoms with Gasteiger partial charge in [-0.15, -0.1) is 5.10 Å². The molecule has 0 spiro atoms. The van der Waals surface area contributed by atoms with Gasteiger partial charge in [0.1, 0.15) is 5.60 Å². The van der Waals surface area contributed by atoms with Crippen LogP contribution < -0.4 is 5.32 Å². The topological polar surface area (TPSA) is 69.0 Å². The van der Waals surface area contributed by atoms with Crippen molar-refractivity contribution < 1.29 is 9.53 Å². The molecule has 1 aromatic rings. The van der Waals surface area contributed by atoms with Crippen molar-refractivity contribution in [2.75, 3.05) is 0 Å². The summed E-state index contributed by atoms with van der Waals surface area (Å²) in [5.74, 6) is 0.425. The Balaban J connectivity index is 2.06. The highest BCUT2D eigenvalue weighted by Crippen LogP contribution is 2.50. The second-order valence-electron chi connectivity index (χ2n) is 8.04. The van der Waals surface area contributed by atoms with E-state index in [1.807, 2.05) is 31.6 Å². The molecule has 1 aromatic heterocycles. The van der Waals surface area contributed by atoms with Crippen LogP contribution >= 0.6 is 0 Å². The lowest BCUT2D eigenvalue weighted by Crippen LogP contribution is -2.55. The lowest BCUT2D eigenvalue weighted by molar-refractivity contribution is 0.0339. The summed E-state index contributed by atoms with van der Waals surface area (Å²) in [5, 5.41) is 11.0. The standard InChI is InChI=1S/C16H28N4O2/c1-14(2,3)22-13(21)18-16(6)8-7-12(15(16,4)5)11-20-10-9-17-19-20/h9-10,12H,7-8,11H2,1-6H3,(H,18,21)/t12-,16-/m1/s1. The van der Waals surface area contributed by atoms with Crippen LogP contribution in [0.25, 0.3) is 0 Å². The van der Waals surface area contributed by atoms with E-state index in [0.29, 0.717) is 5.92 Å². The summed E-state index contributed by atoms with van der Waals surface area (Å²) in [5.41, 5.74) is -0.834. The molecule has 1 saturated carbocycles. The summed E-state index contributed by atoms with van der Waals surface area (Å²) < 4.78 is 7.29. The van der Waals surface area contributed by atoms with E-state index in [0.717, 1.165) is 19.4 Å². The predicted molar refractivity (Wildman–Crippen MR) is 84.3 cm³/mol. The predicted octanol–water partition coefficient (Wildman–Crippen LogP) is 3.00. The first-order chi connectivity index (χ1) is 10.0. The molecular formula is C16H28N4O2. The van der Waals surface area contributed by atoms with Gasteiger partial charge in [-0.25, -0.2) is 4.79 Å². The van der Waals surface area contributed by atoms with Gasteiger partial charge in [-0.1, -0.05) is 19.1 Å². The van der Waals surface area contributed by atoms with Crippen LogP contribution in [-0.4, -0.2) is 32.2 Å². The average molecular weight is 308 g/mol. The molecule has 124 valence electrons. The summed E-state index contributed by atoms with van der Waals surface area (Å²) in [6.07, 6.45) is 5.20. The minimum Gasteiger partial charge on any atom is -0.444 e. The molecule has 0 aliphatic heterocycles. The molecule has 0 aromatic carbocycles. The number of amides is 1. The molecule has 1 aliphatic carbocycles. The molecule has 22 heavy (non-hydrogen) atoms. The maximum Gasteiger partial charge on any atom is 0.408 e. The summed E-state index contributed by atoms with van der Waals surface area (Å²) in [6, 6.07) is 0. The second-order valence-corrected chi connectivity index (χ2v) is 8.04. The third-order valence-electron chi connectivity index (χ3n) is 5.09. The number of carbonyl (C=O) groups excluding carboxylic acids is 1. The third-order valence-corrected chi connectivity index (χ3v) is 5.09. The Hall–Kier alpha value is -1.59. The first kappa shape index (κ1) is 16.8. The summed E-state index contributed by atoms with van der Waals surface area (Å²) in [7, 11) is 0. The van der Waals surface area contributed by atoms with Crippen LogP contribution in [0, 0.1) is 11.3 Å². The van der Waals surface area contributed by atoms with Gasteiger partial charge in [0.05, 0.1) is 6.20 Å². The van der Waals surface area contributed by atoms with Crippen LogP contribution in [0.1, 0.15) is 54.4 Å². The highest BCUT2D eigenvalue weighted by atomic mass is 16.6. The van der Waals surface area contributed by atoms with E-state index in [-0.39, 0.29) is 17.0 Å². The molecule has 0 bridgehead atoms. The normalized spacial score (nSPS) is 27.6. The first-order valence-electron chi connectivity index (χ1n) is 7.89. The van der Waals surface area contributed by atoms with Crippen molar-refractivity contribution in [1.82, 2.24) is 20.3 Å². The second kappa shape index (κ2) is 5.56. The molecular weight excluding hydrogens is 280 g/mol. The number of hydrogen-bond acceptors (Lipinski definition) is 4. The zero-order valence-electron chi connectivity index (χ0n) is 14.5. The largest absolute Gasteiger partial charge is 0.444 e. The maximum atomic E-state index is 12.2. The SMILES string of the molecule is CC(C)(C)OC(=O)N[C@]1(C)CC[C@H](Cn2ccnn2)C1(C)C. The Morgan fingerprint density at radius 2 is 2.09 bits per heavy atom. The van der Waals surface area contributed by atoms with Gasteiger partial charge < -0.3 is 10.1 Å². The van der Waals surface area contributed by atoms with Gasteiger partial charge in [-0.3, -0.25) is 4.68 Å². The molecule has 0 unspecified atom stereocenters. The minimum absolute atomic E-state index is 0.0597. The van der Waals surface area contributed by atoms with E-state index in [1.165, 1.54) is 0 Å². The van der Waals surface area contributed by atoms with Crippen molar-refractivity contribution in [1.29, 1.82) is 0 Å². The summed E-state index contributed by atoms with van der Waals surface area (Å²) in [6.45, 7) is 13.0. The Bertz CT molecular complexity index is 519. The molecule has 0 radical (unpaired) electrons. The van der Waals surface area contributed by atoms with Crippen molar-refractivity contribution in [3.05, 3.63) is 12.4 Å². The van der Waals surface area contributed by atoms with E-state index in [9.17, 15) is 4.79 Å². The van der Waals surface area contributed by atoms with Crippen molar-refractivity contribution in [2.24, 2.45) is 11.3 Å². The van der Waals surface area contributed by atoms with Gasteiger partial charge in [0.25, 0.3) is 0 Å². The first-order valence-corrected chi connectivity index (χ1v) is 7.89. The highest BCUT2D eigenvalue weighted by Gasteiger charge is 2.52. The number of hydrogen-bond donors (Lipinski definition) is 1. The van der Waals surface area contributed by atoms with E-state index in [1.54, 1.807) is 6.20 Å². The van der Waals surface area contributed by atoms with Crippen LogP contribution in [0.15, 0.2) is 12.4 Å². The van der Waals surface area contributed by atoms with Crippen LogP contribution in [0.2, 0.25) is 0 Å². The van der Waals surface area contributed by atoms with Crippen molar-refractivity contribution >= 4 is 6.09 Å². The van der Waals surface area contributed by atoms with E-state index in [4.69, 9.17) is 4.74 Å². The number of nitrogens with one attached hydrogen (secondary N) is 1. The van der Waals surface area contributed by atoms with E-state index in [2.05, 4.69) is 36.4 Å². The molecule has 1 heterocycles. The highest BCUT2D eigenvalue weighted by molar-refractivity contribution is 5.69. The van der Waals surface area contributed by atoms with Crippen molar-refractivity contribution in [2.45, 2.75) is 72.1 Å². The average Bonchev–Trinajstić information content (AvgIpc) is 2.90. The van der Waals surface area contributed by atoms with Gasteiger partial charge in [0, 0.05) is 18.3 Å². The Labute approximate surface area is 132 Å². The molecule has 6 heteroatoms. The fourth-order valence-corrected chi connectivity index (χ4v) is 3.22. The smallest absolute Gasteiger partial charge is 0.408 e. The van der Waals surface area contributed by atoms with Crippen LogP contribution in [0.3, 0.4) is 0 Å². The molecule has 6 nitrogen and oxygen atoms in total. The Morgan fingerprint density at radius 3 is 2.64 bits per heavy atom. The summed E-state index contributed by atoms with van der Waals surface area (Å²) >= 11 is 0. The number of alkyl carbamates (subject to hydrolysis) is 1. The number of carbonyl (C=O) groups is 1. The van der Waals surface area contributed by atoms with Crippen LogP contribution in [0.4, 0.5) is 4.79 Å². The number of rotatable bonds is 3. The Morgan fingerprint density at radius 1 is 1.41 bits per heavy atom. The molecule has 2 atom stereocenters. The van der Waals surface area contributed by atoms with E-state index < -0.39 is 5.60 Å². The van der Waals surface area contributed by atoms with Crippen LogP contribution in [0.5, 0.6) is 0 Å². The number of aromatic nitrogens is 3. The molecule has 1 N–H and O–H groups in total. The maximum absolute atomic E-state index is 12.2. The van der Waals surface area contributed by atoms with Gasteiger partial charge >= 0.3 is 6.09 Å². The van der Waals surface area contributed by atoms with Gasteiger partial charge in [0.2, 0.25) is 0 Å². The van der Waals surface area contributed by atoms with Crippen molar-refractivity contribution in [3.63, 3.8) is 0 Å². The summed E-state index contributed by atoms with van der Waals surface area (Å²) in [4.78, 5) is 12.2. The Kier molecular flexibility index (Phi) is 4.24. The van der Waals surface area contributed by atoms with Crippen molar-refractivity contribution in [3.8, 4) is 0 Å². The lowest BCUT2D eigenvalue weighted by atomic mass is 9.71. The van der Waals surface area contributed by atoms with Gasteiger partial charge in [-0.2, -0.15) is 0 Å². The zero-order valence-corrected chi connectivity index (χ0v) is 14.5. The molecule has 0 saturated heterocycles. The minimum atomic E-state index is -0.483. The van der Waals surface area contributed by atoms with Crippen LogP contribution in [-0.2, 0) is 11.3 Å².